The molecule has 2 N–H and O–H groups in total. The molecule has 0 amide bonds. The lowest BCUT2D eigenvalue weighted by atomic mass is 9.99. The maximum absolute atomic E-state index is 13.4. The Bertz CT molecular complexity index is 1430. The second-order valence-electron chi connectivity index (χ2n) is 11.6. The van der Waals surface area contributed by atoms with Crippen LogP contribution in [0.15, 0.2) is 17.1 Å². The van der Waals surface area contributed by atoms with E-state index in [-0.39, 0.29) is 29.2 Å². The van der Waals surface area contributed by atoms with E-state index >= 15 is 0 Å². The van der Waals surface area contributed by atoms with Crippen molar-refractivity contribution in [3.8, 4) is 12.3 Å². The van der Waals surface area contributed by atoms with Gasteiger partial charge in [0, 0.05) is 55.9 Å². The van der Waals surface area contributed by atoms with Gasteiger partial charge in [-0.15, -0.1) is 6.42 Å². The van der Waals surface area contributed by atoms with Crippen LogP contribution in [0, 0.1) is 12.3 Å². The predicted molar refractivity (Wildman–Crippen MR) is 151 cm³/mol. The van der Waals surface area contributed by atoms with E-state index in [0.717, 1.165) is 6.42 Å². The van der Waals surface area contributed by atoms with Crippen LogP contribution < -0.4 is 10.9 Å². The van der Waals surface area contributed by atoms with E-state index in [9.17, 15) is 18.3 Å². The van der Waals surface area contributed by atoms with Crippen molar-refractivity contribution in [3.63, 3.8) is 0 Å². The number of aliphatic hydroxyl groups is 1. The van der Waals surface area contributed by atoms with Crippen molar-refractivity contribution >= 4 is 27.2 Å². The summed E-state index contributed by atoms with van der Waals surface area (Å²) in [4.78, 5) is 24.6. The molecule has 4 heterocycles. The van der Waals surface area contributed by atoms with Crippen LogP contribution in [0.2, 0.25) is 0 Å². The Morgan fingerprint density at radius 3 is 2.41 bits per heavy atom. The maximum atomic E-state index is 13.4. The lowest BCUT2D eigenvalue weighted by Crippen LogP contribution is -2.59. The minimum atomic E-state index is -3.53. The molecule has 0 aromatic carbocycles. The van der Waals surface area contributed by atoms with E-state index in [0.29, 0.717) is 68.8 Å². The molecule has 0 radical (unpaired) electrons. The summed E-state index contributed by atoms with van der Waals surface area (Å²) in [7, 11) is -1.50. The van der Waals surface area contributed by atoms with Crippen molar-refractivity contribution in [1.82, 2.24) is 28.0 Å². The zero-order valence-electron chi connectivity index (χ0n) is 23.2. The third kappa shape index (κ3) is 5.18. The van der Waals surface area contributed by atoms with Gasteiger partial charge in [-0.3, -0.25) is 14.3 Å². The average molecular weight is 558 g/mol. The highest BCUT2D eigenvalue weighted by Gasteiger charge is 2.40. The number of fused-ring (bicyclic) bond motifs is 1. The molecule has 2 aliphatic heterocycles. The normalized spacial score (nSPS) is 30.0. The first kappa shape index (κ1) is 28.0. The molecule has 5 rings (SSSR count). The van der Waals surface area contributed by atoms with Crippen LogP contribution in [0.25, 0.3) is 11.0 Å². The lowest BCUT2D eigenvalue weighted by molar-refractivity contribution is 0.0266. The second-order valence-corrected chi connectivity index (χ2v) is 13.5. The number of likely N-dealkylation sites (N-methyl/N-ethyl adjacent to an activating group) is 1. The molecule has 4 atom stereocenters. The summed E-state index contributed by atoms with van der Waals surface area (Å²) in [5.74, 6) is 2.83. The molecule has 11 nitrogen and oxygen atoms in total. The third-order valence-electron chi connectivity index (χ3n) is 8.88. The molecule has 0 bridgehead atoms. The molecule has 1 saturated carbocycles. The van der Waals surface area contributed by atoms with E-state index in [2.05, 4.69) is 35.0 Å². The van der Waals surface area contributed by atoms with Gasteiger partial charge in [0.05, 0.1) is 17.2 Å². The van der Waals surface area contributed by atoms with Gasteiger partial charge in [0.1, 0.15) is 5.65 Å². The molecule has 1 aliphatic carbocycles. The first-order valence-corrected chi connectivity index (χ1v) is 15.2. The number of rotatable bonds is 5. The summed E-state index contributed by atoms with van der Waals surface area (Å²) in [5.41, 5.74) is -0.734. The van der Waals surface area contributed by atoms with E-state index in [1.807, 2.05) is 7.05 Å². The van der Waals surface area contributed by atoms with Crippen molar-refractivity contribution in [2.75, 3.05) is 38.5 Å². The highest BCUT2D eigenvalue weighted by Crippen LogP contribution is 2.39. The van der Waals surface area contributed by atoms with Crippen LogP contribution >= 0.6 is 0 Å². The molecule has 2 aromatic heterocycles. The number of terminal acetylenes is 1. The van der Waals surface area contributed by atoms with Gasteiger partial charge in [0.25, 0.3) is 15.8 Å². The molecule has 212 valence electrons. The number of nitrogens with zero attached hydrogens (tertiary/aromatic N) is 6. The number of anilines is 1. The highest BCUT2D eigenvalue weighted by molar-refractivity contribution is 7.86. The van der Waals surface area contributed by atoms with Gasteiger partial charge >= 0.3 is 0 Å². The number of piperidine rings is 1. The minimum absolute atomic E-state index is 0.0148. The monoisotopic (exact) mass is 557 g/mol. The summed E-state index contributed by atoms with van der Waals surface area (Å²) in [5, 5.41) is 15.0. The maximum Gasteiger partial charge on any atom is 0.282 e. The molecule has 0 spiro atoms. The minimum Gasteiger partial charge on any atom is -0.388 e. The van der Waals surface area contributed by atoms with Crippen LogP contribution in [0.1, 0.15) is 64.5 Å². The predicted octanol–water partition coefficient (Wildman–Crippen LogP) is 1.39. The Hall–Kier alpha value is -2.56. The van der Waals surface area contributed by atoms with Crippen LogP contribution in [-0.2, 0) is 10.2 Å². The quantitative estimate of drug-likeness (QED) is 0.529. The molecule has 39 heavy (non-hydrogen) atoms. The van der Waals surface area contributed by atoms with E-state index in [1.54, 1.807) is 27.8 Å². The molecule has 2 saturated heterocycles. The summed E-state index contributed by atoms with van der Waals surface area (Å²) >= 11 is 0. The first-order valence-electron chi connectivity index (χ1n) is 13.8. The summed E-state index contributed by atoms with van der Waals surface area (Å²) in [6, 6.07) is 1.49. The molecule has 3 fully saturated rings. The molecule has 0 unspecified atom stereocenters. The van der Waals surface area contributed by atoms with E-state index in [4.69, 9.17) is 11.4 Å². The third-order valence-corrected chi connectivity index (χ3v) is 10.9. The standard InChI is InChI=1S/C27H39N7O4S/c1-6-20-14-21-15-28-26(30-24(21)34(25(20)35)23-8-7-11-27(23,4)36)29-22-9-12-32(13-10-22)39(37,38)33-16-18(2)31(5)19(3)17-33/h1,14-15,18-19,22-23,36H,7-13,16-17H2,2-5H3,(H,28,29,30)/t18-,19+,23-,27-/m1/s1. The lowest BCUT2D eigenvalue weighted by Gasteiger charge is -2.44. The first-order chi connectivity index (χ1) is 18.4. The Morgan fingerprint density at radius 2 is 1.82 bits per heavy atom. The Kier molecular flexibility index (Phi) is 7.50. The smallest absolute Gasteiger partial charge is 0.282 e. The fourth-order valence-electron chi connectivity index (χ4n) is 6.24. The van der Waals surface area contributed by atoms with Gasteiger partial charge in [-0.2, -0.15) is 22.0 Å². The fraction of sp³-hybridized carbons (Fsp3) is 0.667. The molecular formula is C27H39N7O4S. The number of pyridine rings is 1. The van der Waals surface area contributed by atoms with Gasteiger partial charge in [-0.05, 0) is 66.0 Å². The van der Waals surface area contributed by atoms with Crippen molar-refractivity contribution in [3.05, 3.63) is 28.2 Å². The van der Waals surface area contributed by atoms with E-state index in [1.165, 1.54) is 4.57 Å². The Labute approximate surface area is 230 Å². The number of hydrogen-bond acceptors (Lipinski definition) is 8. The number of aromatic nitrogens is 3. The van der Waals surface area contributed by atoms with Gasteiger partial charge in [0.2, 0.25) is 5.95 Å². The summed E-state index contributed by atoms with van der Waals surface area (Å²) in [6.07, 6.45) is 10.5. The van der Waals surface area contributed by atoms with Gasteiger partial charge < -0.3 is 10.4 Å². The van der Waals surface area contributed by atoms with Crippen LogP contribution in [0.5, 0.6) is 0 Å². The van der Waals surface area contributed by atoms with Crippen molar-refractivity contribution < 1.29 is 13.5 Å². The van der Waals surface area contributed by atoms with Crippen LogP contribution in [0.4, 0.5) is 5.95 Å². The topological polar surface area (TPSA) is 124 Å². The number of hydrogen-bond donors (Lipinski definition) is 2. The fourth-order valence-corrected chi connectivity index (χ4v) is 8.05. The van der Waals surface area contributed by atoms with E-state index < -0.39 is 21.9 Å². The summed E-state index contributed by atoms with van der Waals surface area (Å²) < 4.78 is 31.5. The van der Waals surface area contributed by atoms with Crippen molar-refractivity contribution in [2.24, 2.45) is 0 Å². The highest BCUT2D eigenvalue weighted by atomic mass is 32.2. The van der Waals surface area contributed by atoms with Crippen molar-refractivity contribution in [1.29, 1.82) is 0 Å². The zero-order chi connectivity index (χ0) is 28.1. The molecular weight excluding hydrogens is 518 g/mol. The number of piperazine rings is 1. The SMILES string of the molecule is C#Cc1cc2cnc(NC3CCN(S(=O)(=O)N4C[C@@H](C)N(C)[C@@H](C)C4)CC3)nc2n([C@@H]2CCC[C@@]2(C)O)c1=O. The second kappa shape index (κ2) is 10.4. The average Bonchev–Trinajstić information content (AvgIpc) is 3.25. The van der Waals surface area contributed by atoms with Crippen LogP contribution in [-0.4, -0.2) is 98.5 Å². The zero-order valence-corrected chi connectivity index (χ0v) is 24.0. The molecule has 3 aliphatic rings. The Balaban J connectivity index is 1.33. The van der Waals surface area contributed by atoms with Crippen molar-refractivity contribution in [2.45, 2.75) is 82.6 Å². The summed E-state index contributed by atoms with van der Waals surface area (Å²) in [6.45, 7) is 7.65. The van der Waals surface area contributed by atoms with Gasteiger partial charge in [-0.25, -0.2) is 4.98 Å². The largest absolute Gasteiger partial charge is 0.388 e. The van der Waals surface area contributed by atoms with Crippen LogP contribution in [0.3, 0.4) is 0 Å². The number of nitrogens with one attached hydrogen (secondary N) is 1. The van der Waals surface area contributed by atoms with Gasteiger partial charge in [0.15, 0.2) is 0 Å². The van der Waals surface area contributed by atoms with Gasteiger partial charge in [-0.1, -0.05) is 5.92 Å². The Morgan fingerprint density at radius 1 is 1.15 bits per heavy atom. The molecule has 12 heteroatoms. The molecule has 2 aromatic rings.